The van der Waals surface area contributed by atoms with Gasteiger partial charge in [0.15, 0.2) is 0 Å². The number of hydrogen-bond donors (Lipinski definition) is 1. The van der Waals surface area contributed by atoms with Crippen molar-refractivity contribution in [3.05, 3.63) is 12.7 Å². The van der Waals surface area contributed by atoms with E-state index in [-0.39, 0.29) is 12.4 Å². The zero-order chi connectivity index (χ0) is 7.56. The molecule has 0 amide bonds. The standard InChI is InChI=1S/C5H7N3O2.ClH/c1-4(5(9)10)8-3-6-2-7-8;/h2-4H,1H3,(H,9,10);1H. The second-order valence-electron chi connectivity index (χ2n) is 1.89. The Bertz CT molecular complexity index is 224. The van der Waals surface area contributed by atoms with Gasteiger partial charge in [0.1, 0.15) is 18.7 Å². The lowest BCUT2D eigenvalue weighted by Crippen LogP contribution is -2.15. The Morgan fingerprint density at radius 3 is 2.73 bits per heavy atom. The topological polar surface area (TPSA) is 68.0 Å². The van der Waals surface area contributed by atoms with Gasteiger partial charge in [-0.15, -0.1) is 12.4 Å². The molecule has 0 saturated heterocycles. The molecule has 1 atom stereocenters. The van der Waals surface area contributed by atoms with Crippen molar-refractivity contribution >= 4 is 18.4 Å². The van der Waals surface area contributed by atoms with Crippen LogP contribution in [0.5, 0.6) is 0 Å². The van der Waals surface area contributed by atoms with Gasteiger partial charge in [-0.25, -0.2) is 14.5 Å². The van der Waals surface area contributed by atoms with Crippen LogP contribution in [-0.2, 0) is 4.79 Å². The van der Waals surface area contributed by atoms with Crippen molar-refractivity contribution in [2.45, 2.75) is 13.0 Å². The summed E-state index contributed by atoms with van der Waals surface area (Å²) in [6, 6.07) is -0.637. The van der Waals surface area contributed by atoms with Gasteiger partial charge in [-0.3, -0.25) is 0 Å². The predicted octanol–water partition coefficient (Wildman–Crippen LogP) is 0.346. The van der Waals surface area contributed by atoms with E-state index in [1.807, 2.05) is 0 Å². The Balaban J connectivity index is 0.000001000. The van der Waals surface area contributed by atoms with Crippen LogP contribution in [0.3, 0.4) is 0 Å². The number of carbonyl (C=O) groups is 1. The first-order chi connectivity index (χ1) is 4.72. The number of halogens is 1. The van der Waals surface area contributed by atoms with Crippen LogP contribution in [0.15, 0.2) is 12.7 Å². The number of rotatable bonds is 2. The summed E-state index contributed by atoms with van der Waals surface area (Å²) in [5.74, 6) is -0.912. The molecule has 0 aliphatic carbocycles. The number of aliphatic carboxylic acids is 1. The molecule has 0 radical (unpaired) electrons. The van der Waals surface area contributed by atoms with Gasteiger partial charge < -0.3 is 5.11 Å². The van der Waals surface area contributed by atoms with Crippen LogP contribution in [0.2, 0.25) is 0 Å². The maximum Gasteiger partial charge on any atom is 0.328 e. The van der Waals surface area contributed by atoms with Crippen LogP contribution in [0.4, 0.5) is 0 Å². The molecule has 0 bridgehead atoms. The van der Waals surface area contributed by atoms with Crippen molar-refractivity contribution in [1.29, 1.82) is 0 Å². The molecule has 0 spiro atoms. The zero-order valence-corrected chi connectivity index (χ0v) is 6.65. The first-order valence-corrected chi connectivity index (χ1v) is 2.78. The number of aromatic nitrogens is 3. The molecule has 62 valence electrons. The molecule has 5 nitrogen and oxygen atoms in total. The Labute approximate surface area is 69.5 Å². The van der Waals surface area contributed by atoms with E-state index < -0.39 is 12.0 Å². The molecule has 0 aliphatic rings. The third-order valence-electron chi connectivity index (χ3n) is 1.19. The quantitative estimate of drug-likeness (QED) is 0.708. The fourth-order valence-corrected chi connectivity index (χ4v) is 0.531. The van der Waals surface area contributed by atoms with Crippen LogP contribution < -0.4 is 0 Å². The van der Waals surface area contributed by atoms with E-state index in [2.05, 4.69) is 10.1 Å². The number of hydrogen-bond acceptors (Lipinski definition) is 3. The summed E-state index contributed by atoms with van der Waals surface area (Å²) in [4.78, 5) is 13.9. The summed E-state index contributed by atoms with van der Waals surface area (Å²) in [5, 5.41) is 12.1. The molecular formula is C5H8ClN3O2. The maximum absolute atomic E-state index is 10.3. The van der Waals surface area contributed by atoms with Gasteiger partial charge in [0, 0.05) is 0 Å². The molecule has 1 aromatic rings. The average Bonchev–Trinajstić information content (AvgIpc) is 2.36. The Hall–Kier alpha value is -1.10. The lowest BCUT2D eigenvalue weighted by atomic mass is 10.4. The van der Waals surface area contributed by atoms with Gasteiger partial charge >= 0.3 is 5.97 Å². The minimum absolute atomic E-state index is 0. The van der Waals surface area contributed by atoms with Gasteiger partial charge in [0.2, 0.25) is 0 Å². The van der Waals surface area contributed by atoms with Crippen LogP contribution in [0, 0.1) is 0 Å². The fraction of sp³-hybridized carbons (Fsp3) is 0.400. The first kappa shape index (κ1) is 9.90. The third kappa shape index (κ3) is 2.19. The first-order valence-electron chi connectivity index (χ1n) is 2.78. The Morgan fingerprint density at radius 2 is 2.36 bits per heavy atom. The smallest absolute Gasteiger partial charge is 0.328 e. The van der Waals surface area contributed by atoms with Crippen molar-refractivity contribution in [1.82, 2.24) is 14.8 Å². The normalized spacial score (nSPS) is 11.7. The lowest BCUT2D eigenvalue weighted by molar-refractivity contribution is -0.140. The monoisotopic (exact) mass is 177 g/mol. The van der Waals surface area contributed by atoms with Gasteiger partial charge in [0.25, 0.3) is 0 Å². The fourth-order valence-electron chi connectivity index (χ4n) is 0.531. The van der Waals surface area contributed by atoms with Crippen molar-refractivity contribution in [3.63, 3.8) is 0 Å². The maximum atomic E-state index is 10.3. The molecule has 1 aromatic heterocycles. The largest absolute Gasteiger partial charge is 0.480 e. The molecule has 1 N–H and O–H groups in total. The predicted molar refractivity (Wildman–Crippen MR) is 39.6 cm³/mol. The minimum atomic E-state index is -0.912. The zero-order valence-electron chi connectivity index (χ0n) is 5.84. The lowest BCUT2D eigenvalue weighted by Gasteiger charge is -2.03. The average molecular weight is 178 g/mol. The van der Waals surface area contributed by atoms with Crippen molar-refractivity contribution in [3.8, 4) is 0 Å². The summed E-state index contributed by atoms with van der Waals surface area (Å²) < 4.78 is 1.28. The molecule has 0 fully saturated rings. The van der Waals surface area contributed by atoms with Gasteiger partial charge in [-0.1, -0.05) is 0 Å². The Morgan fingerprint density at radius 1 is 1.73 bits per heavy atom. The van der Waals surface area contributed by atoms with E-state index in [4.69, 9.17) is 5.11 Å². The van der Waals surface area contributed by atoms with Crippen molar-refractivity contribution in [2.24, 2.45) is 0 Å². The minimum Gasteiger partial charge on any atom is -0.480 e. The SMILES string of the molecule is CC(C(=O)O)n1cncn1.Cl. The molecule has 0 saturated carbocycles. The summed E-state index contributed by atoms with van der Waals surface area (Å²) in [7, 11) is 0. The molecule has 1 rings (SSSR count). The van der Waals surface area contributed by atoms with Crippen LogP contribution >= 0.6 is 12.4 Å². The molecule has 1 heterocycles. The summed E-state index contributed by atoms with van der Waals surface area (Å²) in [6.45, 7) is 1.54. The second kappa shape index (κ2) is 3.92. The number of carboxylic acid groups (broad SMARTS) is 1. The summed E-state index contributed by atoms with van der Waals surface area (Å²) >= 11 is 0. The van der Waals surface area contributed by atoms with Crippen LogP contribution in [0.1, 0.15) is 13.0 Å². The van der Waals surface area contributed by atoms with E-state index in [1.165, 1.54) is 24.3 Å². The van der Waals surface area contributed by atoms with Crippen LogP contribution in [0.25, 0.3) is 0 Å². The molecular weight excluding hydrogens is 170 g/mol. The highest BCUT2D eigenvalue weighted by Crippen LogP contribution is 1.99. The van der Waals surface area contributed by atoms with E-state index in [9.17, 15) is 4.79 Å². The van der Waals surface area contributed by atoms with E-state index in [0.29, 0.717) is 0 Å². The summed E-state index contributed by atoms with van der Waals surface area (Å²) in [6.07, 6.45) is 2.68. The molecule has 0 aliphatic heterocycles. The van der Waals surface area contributed by atoms with Gasteiger partial charge in [-0.2, -0.15) is 5.10 Å². The molecule has 6 heteroatoms. The highest BCUT2D eigenvalue weighted by atomic mass is 35.5. The molecule has 1 unspecified atom stereocenters. The van der Waals surface area contributed by atoms with Crippen molar-refractivity contribution < 1.29 is 9.90 Å². The Kier molecular flexibility index (Phi) is 3.53. The molecule has 0 aromatic carbocycles. The number of carboxylic acids is 1. The van der Waals surface area contributed by atoms with E-state index in [0.717, 1.165) is 0 Å². The highest BCUT2D eigenvalue weighted by Gasteiger charge is 2.12. The van der Waals surface area contributed by atoms with E-state index in [1.54, 1.807) is 0 Å². The van der Waals surface area contributed by atoms with Crippen molar-refractivity contribution in [2.75, 3.05) is 0 Å². The third-order valence-corrected chi connectivity index (χ3v) is 1.19. The van der Waals surface area contributed by atoms with E-state index >= 15 is 0 Å². The van der Waals surface area contributed by atoms with Gasteiger partial charge in [-0.05, 0) is 6.92 Å². The summed E-state index contributed by atoms with van der Waals surface area (Å²) in [5.41, 5.74) is 0. The number of nitrogens with zero attached hydrogens (tertiary/aromatic N) is 3. The molecule has 11 heavy (non-hydrogen) atoms. The highest BCUT2D eigenvalue weighted by molar-refractivity contribution is 5.85. The second-order valence-corrected chi connectivity index (χ2v) is 1.89. The van der Waals surface area contributed by atoms with Crippen LogP contribution in [-0.4, -0.2) is 25.8 Å². The van der Waals surface area contributed by atoms with Gasteiger partial charge in [0.05, 0.1) is 0 Å².